The Morgan fingerprint density at radius 2 is 1.96 bits per heavy atom. The van der Waals surface area contributed by atoms with Crippen LogP contribution in [0.4, 0.5) is 4.39 Å². The van der Waals surface area contributed by atoms with Crippen molar-refractivity contribution in [3.8, 4) is 5.88 Å². The Bertz CT molecular complexity index is 792. The van der Waals surface area contributed by atoms with Crippen molar-refractivity contribution in [1.82, 2.24) is 14.9 Å². The van der Waals surface area contributed by atoms with Crippen LogP contribution in [0.2, 0.25) is 0 Å². The molecule has 1 aliphatic rings. The molecule has 25 heavy (non-hydrogen) atoms. The Labute approximate surface area is 144 Å². The topological polar surface area (TPSA) is 72.4 Å². The molecule has 1 saturated heterocycles. The zero-order valence-corrected chi connectivity index (χ0v) is 14.0. The van der Waals surface area contributed by atoms with Gasteiger partial charge in [-0.1, -0.05) is 12.1 Å². The van der Waals surface area contributed by atoms with Gasteiger partial charge in [-0.2, -0.15) is 0 Å². The van der Waals surface area contributed by atoms with Gasteiger partial charge in [0.15, 0.2) is 0 Å². The summed E-state index contributed by atoms with van der Waals surface area (Å²) in [7, 11) is 0. The van der Waals surface area contributed by atoms with Gasteiger partial charge in [-0.25, -0.2) is 14.4 Å². The highest BCUT2D eigenvalue weighted by Crippen LogP contribution is 2.26. The molecule has 1 unspecified atom stereocenters. The van der Waals surface area contributed by atoms with Gasteiger partial charge in [0.1, 0.15) is 18.8 Å². The fourth-order valence-electron chi connectivity index (χ4n) is 2.69. The minimum absolute atomic E-state index is 0.0440. The molecule has 130 valence electrons. The number of carbonyl (C=O) groups is 2. The fourth-order valence-corrected chi connectivity index (χ4v) is 2.69. The van der Waals surface area contributed by atoms with E-state index in [4.69, 9.17) is 4.74 Å². The number of ether oxygens (including phenoxy) is 1. The number of benzene rings is 1. The van der Waals surface area contributed by atoms with Crippen LogP contribution in [0.15, 0.2) is 36.7 Å². The summed E-state index contributed by atoms with van der Waals surface area (Å²) in [5, 5.41) is 0. The molecule has 0 N–H and O–H groups in total. The van der Waals surface area contributed by atoms with E-state index in [1.54, 1.807) is 18.2 Å². The van der Waals surface area contributed by atoms with E-state index < -0.39 is 17.6 Å². The molecule has 7 heteroatoms. The molecule has 1 amide bonds. The Hall–Kier alpha value is -2.83. The smallest absolute Gasteiger partial charge is 0.290 e. The number of rotatable bonds is 5. The maximum Gasteiger partial charge on any atom is 0.290 e. The summed E-state index contributed by atoms with van der Waals surface area (Å²) < 4.78 is 18.5. The van der Waals surface area contributed by atoms with Crippen LogP contribution in [0, 0.1) is 5.82 Å². The van der Waals surface area contributed by atoms with Crippen molar-refractivity contribution >= 4 is 11.7 Å². The van der Waals surface area contributed by atoms with Crippen molar-refractivity contribution in [3.63, 3.8) is 0 Å². The quantitative estimate of drug-likeness (QED) is 0.778. The highest BCUT2D eigenvalue weighted by Gasteiger charge is 2.41. The summed E-state index contributed by atoms with van der Waals surface area (Å²) >= 11 is 0. The van der Waals surface area contributed by atoms with Crippen LogP contribution in [-0.4, -0.2) is 39.1 Å². The second-order valence-corrected chi connectivity index (χ2v) is 6.16. The zero-order valence-electron chi connectivity index (χ0n) is 14.0. The average Bonchev–Trinajstić information content (AvgIpc) is 2.90. The van der Waals surface area contributed by atoms with Gasteiger partial charge in [0.2, 0.25) is 11.7 Å². The molecule has 0 saturated carbocycles. The number of carbonyl (C=O) groups excluding carboxylic acids is 2. The van der Waals surface area contributed by atoms with Crippen molar-refractivity contribution in [3.05, 3.63) is 53.7 Å². The summed E-state index contributed by atoms with van der Waals surface area (Å²) in [5.41, 5.74) is 1.25. The lowest BCUT2D eigenvalue weighted by atomic mass is 10.0. The van der Waals surface area contributed by atoms with Gasteiger partial charge in [-0.3, -0.25) is 9.59 Å². The van der Waals surface area contributed by atoms with E-state index in [1.165, 1.54) is 23.4 Å². The number of nitrogens with zero attached hydrogens (tertiary/aromatic N) is 3. The van der Waals surface area contributed by atoms with Gasteiger partial charge in [0.25, 0.3) is 5.91 Å². The van der Waals surface area contributed by atoms with Gasteiger partial charge in [0.05, 0.1) is 11.6 Å². The van der Waals surface area contributed by atoms with Crippen molar-refractivity contribution in [1.29, 1.82) is 0 Å². The number of amides is 1. The Balaban J connectivity index is 1.72. The lowest BCUT2D eigenvalue weighted by Gasteiger charge is -2.19. The molecule has 0 spiro atoms. The van der Waals surface area contributed by atoms with Crippen LogP contribution >= 0.6 is 0 Å². The van der Waals surface area contributed by atoms with Crippen LogP contribution in [-0.2, 0) is 16.2 Å². The molecule has 2 aromatic rings. The lowest BCUT2D eigenvalue weighted by Crippen LogP contribution is -2.33. The summed E-state index contributed by atoms with van der Waals surface area (Å²) in [6.07, 6.45) is 1.31. The van der Waals surface area contributed by atoms with E-state index in [0.29, 0.717) is 18.1 Å². The molecule has 1 atom stereocenters. The molecule has 1 aromatic heterocycles. The Kier molecular flexibility index (Phi) is 4.74. The molecule has 0 bridgehead atoms. The second kappa shape index (κ2) is 6.96. The first kappa shape index (κ1) is 17.0. The summed E-state index contributed by atoms with van der Waals surface area (Å²) in [5.74, 6) is -1.56. The van der Waals surface area contributed by atoms with Gasteiger partial charge < -0.3 is 9.64 Å². The van der Waals surface area contributed by atoms with Crippen molar-refractivity contribution in [2.24, 2.45) is 0 Å². The zero-order chi connectivity index (χ0) is 18.0. The predicted octanol–water partition coefficient (Wildman–Crippen LogP) is 2.10. The highest BCUT2D eigenvalue weighted by atomic mass is 19.1. The first-order valence-electron chi connectivity index (χ1n) is 7.99. The lowest BCUT2D eigenvalue weighted by molar-refractivity contribution is -0.141. The van der Waals surface area contributed by atoms with Crippen LogP contribution in [0.25, 0.3) is 0 Å². The van der Waals surface area contributed by atoms with E-state index >= 15 is 0 Å². The number of hydrogen-bond acceptors (Lipinski definition) is 5. The molecule has 1 fully saturated rings. The second-order valence-electron chi connectivity index (χ2n) is 6.16. The molecule has 1 aliphatic heterocycles. The molecule has 0 aliphatic carbocycles. The highest BCUT2D eigenvalue weighted by molar-refractivity contribution is 6.40. The number of hydrogen-bond donors (Lipinski definition) is 0. The molecule has 0 radical (unpaired) electrons. The van der Waals surface area contributed by atoms with E-state index in [2.05, 4.69) is 9.97 Å². The van der Waals surface area contributed by atoms with E-state index in [-0.39, 0.29) is 18.5 Å². The van der Waals surface area contributed by atoms with E-state index in [1.807, 2.05) is 13.8 Å². The fraction of sp³-hybridized carbons (Fsp3) is 0.333. The SMILES string of the molecule is CC(C)N1CC(c2cc(OCc3ccc(F)cc3)ncn2)C(=O)C1=O. The average molecular weight is 343 g/mol. The predicted molar refractivity (Wildman–Crippen MR) is 87.4 cm³/mol. The number of ketones is 1. The first-order chi connectivity index (χ1) is 12.0. The Morgan fingerprint density at radius 1 is 1.24 bits per heavy atom. The Morgan fingerprint density at radius 3 is 2.60 bits per heavy atom. The van der Waals surface area contributed by atoms with Crippen LogP contribution in [0.1, 0.15) is 31.0 Å². The van der Waals surface area contributed by atoms with Crippen molar-refractivity contribution in [2.75, 3.05) is 6.54 Å². The first-order valence-corrected chi connectivity index (χ1v) is 7.99. The van der Waals surface area contributed by atoms with Crippen molar-refractivity contribution in [2.45, 2.75) is 32.4 Å². The maximum absolute atomic E-state index is 12.9. The minimum Gasteiger partial charge on any atom is -0.473 e. The molecule has 6 nitrogen and oxygen atoms in total. The third-order valence-electron chi connectivity index (χ3n) is 4.11. The largest absolute Gasteiger partial charge is 0.473 e. The monoisotopic (exact) mass is 343 g/mol. The van der Waals surface area contributed by atoms with Crippen LogP contribution in [0.3, 0.4) is 0 Å². The van der Waals surface area contributed by atoms with Crippen molar-refractivity contribution < 1.29 is 18.7 Å². The third kappa shape index (κ3) is 3.65. The third-order valence-corrected chi connectivity index (χ3v) is 4.11. The van der Waals surface area contributed by atoms with Gasteiger partial charge >= 0.3 is 0 Å². The maximum atomic E-state index is 12.9. The number of halogens is 1. The minimum atomic E-state index is -0.605. The van der Waals surface area contributed by atoms with Crippen LogP contribution in [0.5, 0.6) is 5.88 Å². The molecule has 3 rings (SSSR count). The van der Waals surface area contributed by atoms with E-state index in [9.17, 15) is 14.0 Å². The molecular weight excluding hydrogens is 325 g/mol. The van der Waals surface area contributed by atoms with Gasteiger partial charge in [0, 0.05) is 18.7 Å². The van der Waals surface area contributed by atoms with E-state index in [0.717, 1.165) is 5.56 Å². The normalized spacial score (nSPS) is 17.4. The molecule has 2 heterocycles. The summed E-state index contributed by atoms with van der Waals surface area (Å²) in [6.45, 7) is 4.26. The number of aromatic nitrogens is 2. The standard InChI is InChI=1S/C18H18FN3O3/c1-11(2)22-8-14(17(23)18(22)24)15-7-16(21-10-20-15)25-9-12-3-5-13(19)6-4-12/h3-7,10-11,14H,8-9H2,1-2H3. The van der Waals surface area contributed by atoms with Gasteiger partial charge in [-0.15, -0.1) is 0 Å². The molecule has 1 aromatic carbocycles. The summed E-state index contributed by atoms with van der Waals surface area (Å²) in [6, 6.07) is 7.48. The number of likely N-dealkylation sites (tertiary alicyclic amines) is 1. The number of Topliss-reactive ketones (excluding diaryl/α,β-unsaturated/α-hetero) is 1. The summed E-state index contributed by atoms with van der Waals surface area (Å²) in [4.78, 5) is 33.9. The molecular formula is C18H18FN3O3. The van der Waals surface area contributed by atoms with Gasteiger partial charge in [-0.05, 0) is 31.5 Å². The van der Waals surface area contributed by atoms with Crippen LogP contribution < -0.4 is 4.74 Å².